The highest BCUT2D eigenvalue weighted by Crippen LogP contribution is 2.41. The number of carbonyl (C=O) groups excluding carboxylic acids is 3. The normalized spacial score (nSPS) is 12.7. The number of methoxy groups -OCH3 is 1. The van der Waals surface area contributed by atoms with Crippen LogP contribution in [0, 0.1) is 0 Å². The molecule has 7 heteroatoms. The Morgan fingerprint density at radius 1 is 0.882 bits per heavy atom. The number of hydrogen-bond donors (Lipinski definition) is 0. The van der Waals surface area contributed by atoms with Crippen LogP contribution in [0.2, 0.25) is 0 Å². The SMILES string of the molecule is C=C(C)C(=O)OCCN1C(=O)c2ccc(OC)c3c(OCCCCCCCC)ccc(c23)C1=O. The number of esters is 1. The van der Waals surface area contributed by atoms with Crippen molar-refractivity contribution in [2.75, 3.05) is 26.9 Å². The lowest BCUT2D eigenvalue weighted by Gasteiger charge is -2.28. The fraction of sp³-hybridized carbons (Fsp3) is 0.444. The fourth-order valence-corrected chi connectivity index (χ4v) is 4.08. The third-order valence-corrected chi connectivity index (χ3v) is 5.91. The number of imide groups is 1. The molecule has 1 aliphatic rings. The Balaban J connectivity index is 1.82. The van der Waals surface area contributed by atoms with Crippen LogP contribution in [0.1, 0.15) is 73.1 Å². The summed E-state index contributed by atoms with van der Waals surface area (Å²) in [6, 6.07) is 6.81. The lowest BCUT2D eigenvalue weighted by Crippen LogP contribution is -2.42. The van der Waals surface area contributed by atoms with E-state index < -0.39 is 17.8 Å². The number of unbranched alkanes of at least 4 members (excludes halogenated alkanes) is 5. The lowest BCUT2D eigenvalue weighted by molar-refractivity contribution is -0.139. The maximum Gasteiger partial charge on any atom is 0.333 e. The summed E-state index contributed by atoms with van der Waals surface area (Å²) in [7, 11) is 1.55. The molecule has 2 aromatic rings. The van der Waals surface area contributed by atoms with Crippen LogP contribution >= 0.6 is 0 Å². The molecule has 1 heterocycles. The van der Waals surface area contributed by atoms with Gasteiger partial charge in [-0.15, -0.1) is 0 Å². The van der Waals surface area contributed by atoms with Crippen molar-refractivity contribution >= 4 is 28.6 Å². The van der Waals surface area contributed by atoms with E-state index in [4.69, 9.17) is 14.2 Å². The zero-order chi connectivity index (χ0) is 24.7. The van der Waals surface area contributed by atoms with Gasteiger partial charge in [0.1, 0.15) is 18.1 Å². The van der Waals surface area contributed by atoms with Crippen molar-refractivity contribution < 1.29 is 28.6 Å². The third-order valence-electron chi connectivity index (χ3n) is 5.91. The Morgan fingerprint density at radius 2 is 1.50 bits per heavy atom. The predicted octanol–water partition coefficient (Wildman–Crippen LogP) is 5.30. The molecule has 2 amide bonds. The highest BCUT2D eigenvalue weighted by molar-refractivity contribution is 6.26. The quantitative estimate of drug-likeness (QED) is 0.172. The predicted molar refractivity (Wildman–Crippen MR) is 131 cm³/mol. The number of hydrogen-bond acceptors (Lipinski definition) is 6. The molecular formula is C27H33NO6. The molecular weight excluding hydrogens is 434 g/mol. The van der Waals surface area contributed by atoms with Crippen molar-refractivity contribution in [1.29, 1.82) is 0 Å². The van der Waals surface area contributed by atoms with Gasteiger partial charge in [0.15, 0.2) is 0 Å². The van der Waals surface area contributed by atoms with Crippen molar-refractivity contribution in [3.63, 3.8) is 0 Å². The van der Waals surface area contributed by atoms with Gasteiger partial charge < -0.3 is 14.2 Å². The summed E-state index contributed by atoms with van der Waals surface area (Å²) in [5.74, 6) is -0.302. The Kier molecular flexibility index (Phi) is 8.68. The summed E-state index contributed by atoms with van der Waals surface area (Å²) in [5.41, 5.74) is 1.04. The zero-order valence-corrected chi connectivity index (χ0v) is 20.3. The summed E-state index contributed by atoms with van der Waals surface area (Å²) in [5, 5.41) is 1.16. The van der Waals surface area contributed by atoms with Gasteiger partial charge in [-0.25, -0.2) is 4.79 Å². The minimum atomic E-state index is -0.559. The van der Waals surface area contributed by atoms with Gasteiger partial charge in [0, 0.05) is 22.1 Å². The first-order valence-corrected chi connectivity index (χ1v) is 11.9. The topological polar surface area (TPSA) is 82.1 Å². The Labute approximate surface area is 200 Å². The molecule has 0 fully saturated rings. The molecule has 0 unspecified atom stereocenters. The molecule has 0 aliphatic carbocycles. The van der Waals surface area contributed by atoms with E-state index >= 15 is 0 Å². The highest BCUT2D eigenvalue weighted by Gasteiger charge is 2.34. The lowest BCUT2D eigenvalue weighted by atomic mass is 9.93. The number of amides is 2. The van der Waals surface area contributed by atoms with Crippen molar-refractivity contribution in [2.24, 2.45) is 0 Å². The first-order valence-electron chi connectivity index (χ1n) is 11.9. The third kappa shape index (κ3) is 5.41. The molecule has 0 N–H and O–H groups in total. The summed E-state index contributed by atoms with van der Waals surface area (Å²) >= 11 is 0. The van der Waals surface area contributed by atoms with E-state index in [9.17, 15) is 14.4 Å². The Morgan fingerprint density at radius 3 is 2.12 bits per heavy atom. The second kappa shape index (κ2) is 11.7. The van der Waals surface area contributed by atoms with Gasteiger partial charge in [0.25, 0.3) is 11.8 Å². The van der Waals surface area contributed by atoms with E-state index in [2.05, 4.69) is 13.5 Å². The molecule has 0 spiro atoms. The minimum absolute atomic E-state index is 0.0417. The molecule has 182 valence electrons. The summed E-state index contributed by atoms with van der Waals surface area (Å²) in [6.07, 6.45) is 6.92. The van der Waals surface area contributed by atoms with Crippen LogP contribution in [-0.4, -0.2) is 49.6 Å². The number of nitrogens with zero attached hydrogens (tertiary/aromatic N) is 1. The number of ether oxygens (including phenoxy) is 3. The monoisotopic (exact) mass is 467 g/mol. The molecule has 2 aromatic carbocycles. The maximum absolute atomic E-state index is 13.2. The summed E-state index contributed by atoms with van der Waals surface area (Å²) in [6.45, 7) is 7.67. The van der Waals surface area contributed by atoms with E-state index in [0.29, 0.717) is 40.0 Å². The standard InChI is InChI=1S/C27H33NO6/c1-5-6-7-8-9-10-16-33-22-14-12-20-23-19(11-13-21(32-4)24(22)23)25(29)28(26(20)30)15-17-34-27(31)18(2)3/h11-14H,2,5-10,15-17H2,1,3-4H3. The minimum Gasteiger partial charge on any atom is -0.496 e. The van der Waals surface area contributed by atoms with Gasteiger partial charge in [0.2, 0.25) is 0 Å². The molecule has 34 heavy (non-hydrogen) atoms. The summed E-state index contributed by atoms with van der Waals surface area (Å²) in [4.78, 5) is 39.1. The molecule has 0 saturated carbocycles. The highest BCUT2D eigenvalue weighted by atomic mass is 16.5. The van der Waals surface area contributed by atoms with Gasteiger partial charge in [0.05, 0.1) is 25.6 Å². The van der Waals surface area contributed by atoms with E-state index in [1.54, 1.807) is 31.4 Å². The Bertz CT molecular complexity index is 1070. The van der Waals surface area contributed by atoms with Crippen LogP contribution in [0.3, 0.4) is 0 Å². The number of benzene rings is 2. The van der Waals surface area contributed by atoms with Crippen LogP contribution in [0.5, 0.6) is 11.5 Å². The van der Waals surface area contributed by atoms with Crippen LogP contribution in [0.15, 0.2) is 36.4 Å². The van der Waals surface area contributed by atoms with Gasteiger partial charge in [-0.2, -0.15) is 0 Å². The van der Waals surface area contributed by atoms with Gasteiger partial charge >= 0.3 is 5.97 Å². The average molecular weight is 468 g/mol. The largest absolute Gasteiger partial charge is 0.496 e. The van der Waals surface area contributed by atoms with Crippen LogP contribution in [0.4, 0.5) is 0 Å². The van der Waals surface area contributed by atoms with Crippen LogP contribution < -0.4 is 9.47 Å². The van der Waals surface area contributed by atoms with Gasteiger partial charge in [-0.1, -0.05) is 45.6 Å². The van der Waals surface area contributed by atoms with Crippen LogP contribution in [0.25, 0.3) is 10.8 Å². The van der Waals surface area contributed by atoms with Crippen molar-refractivity contribution in [3.8, 4) is 11.5 Å². The average Bonchev–Trinajstić information content (AvgIpc) is 2.83. The fourth-order valence-electron chi connectivity index (χ4n) is 4.08. The molecule has 0 saturated heterocycles. The number of rotatable bonds is 13. The summed E-state index contributed by atoms with van der Waals surface area (Å²) < 4.78 is 16.7. The molecule has 1 aliphatic heterocycles. The molecule has 0 aromatic heterocycles. The van der Waals surface area contributed by atoms with Crippen molar-refractivity contribution in [3.05, 3.63) is 47.5 Å². The Hall–Kier alpha value is -3.35. The second-order valence-corrected chi connectivity index (χ2v) is 8.47. The van der Waals surface area contributed by atoms with Crippen molar-refractivity contribution in [1.82, 2.24) is 4.90 Å². The van der Waals surface area contributed by atoms with Crippen molar-refractivity contribution in [2.45, 2.75) is 52.4 Å². The van der Waals surface area contributed by atoms with E-state index in [0.717, 1.165) is 17.7 Å². The molecule has 0 bridgehead atoms. The second-order valence-electron chi connectivity index (χ2n) is 8.47. The number of carbonyl (C=O) groups is 3. The smallest absolute Gasteiger partial charge is 0.333 e. The molecule has 3 rings (SSSR count). The molecule has 0 radical (unpaired) electrons. The first-order chi connectivity index (χ1) is 16.4. The van der Waals surface area contributed by atoms with E-state index in [1.807, 2.05) is 0 Å². The van der Waals surface area contributed by atoms with Gasteiger partial charge in [-0.05, 0) is 37.6 Å². The first kappa shape index (κ1) is 25.3. The zero-order valence-electron chi connectivity index (χ0n) is 20.3. The van der Waals surface area contributed by atoms with Gasteiger partial charge in [-0.3, -0.25) is 14.5 Å². The van der Waals surface area contributed by atoms with E-state index in [1.165, 1.54) is 32.6 Å². The maximum atomic E-state index is 13.2. The molecule has 0 atom stereocenters. The molecule has 7 nitrogen and oxygen atoms in total. The van der Waals surface area contributed by atoms with E-state index in [-0.39, 0.29) is 18.7 Å². The van der Waals surface area contributed by atoms with Crippen LogP contribution in [-0.2, 0) is 9.53 Å².